The topological polar surface area (TPSA) is 35.6 Å². The minimum absolute atomic E-state index is 0.495. The molecule has 6 heteroatoms. The standard InChI is InChI=1S/C11H15ClN4S/c1-8-4-9(16(3)14-8)7-17-11-13-6-10(5-12)15(11)2/h4,6H,5,7H2,1-3H3. The number of aryl methyl sites for hydroxylation is 2. The molecule has 2 heterocycles. The quantitative estimate of drug-likeness (QED) is 0.633. The third kappa shape index (κ3) is 2.66. The molecule has 92 valence electrons. The van der Waals surface area contributed by atoms with Crippen LogP contribution in [0.3, 0.4) is 0 Å². The molecule has 0 saturated heterocycles. The zero-order valence-corrected chi connectivity index (χ0v) is 11.7. The van der Waals surface area contributed by atoms with Crippen LogP contribution in [0.4, 0.5) is 0 Å². The van der Waals surface area contributed by atoms with Gasteiger partial charge in [0.05, 0.1) is 23.5 Å². The van der Waals surface area contributed by atoms with Crippen molar-refractivity contribution in [3.05, 3.63) is 29.3 Å². The first-order valence-electron chi connectivity index (χ1n) is 5.30. The monoisotopic (exact) mass is 270 g/mol. The van der Waals surface area contributed by atoms with Crippen LogP contribution in [0, 0.1) is 6.92 Å². The van der Waals surface area contributed by atoms with Crippen LogP contribution in [-0.4, -0.2) is 19.3 Å². The molecule has 0 amide bonds. The molecule has 4 nitrogen and oxygen atoms in total. The van der Waals surface area contributed by atoms with Gasteiger partial charge in [0, 0.05) is 25.5 Å². The zero-order chi connectivity index (χ0) is 12.4. The number of thioether (sulfide) groups is 1. The number of hydrogen-bond donors (Lipinski definition) is 0. The van der Waals surface area contributed by atoms with Gasteiger partial charge < -0.3 is 4.57 Å². The van der Waals surface area contributed by atoms with Gasteiger partial charge in [-0.15, -0.1) is 11.6 Å². The summed E-state index contributed by atoms with van der Waals surface area (Å²) in [5, 5.41) is 5.31. The van der Waals surface area contributed by atoms with E-state index in [0.29, 0.717) is 5.88 Å². The average Bonchev–Trinajstić information content (AvgIpc) is 2.79. The summed E-state index contributed by atoms with van der Waals surface area (Å²) in [4.78, 5) is 4.35. The van der Waals surface area contributed by atoms with Crippen LogP contribution < -0.4 is 0 Å². The number of halogens is 1. The van der Waals surface area contributed by atoms with Crippen LogP contribution in [0.1, 0.15) is 17.1 Å². The number of hydrogen-bond acceptors (Lipinski definition) is 3. The van der Waals surface area contributed by atoms with Gasteiger partial charge in [-0.1, -0.05) is 11.8 Å². The molecule has 0 aliphatic heterocycles. The highest BCUT2D eigenvalue weighted by atomic mass is 35.5. The van der Waals surface area contributed by atoms with Crippen molar-refractivity contribution in [3.8, 4) is 0 Å². The Labute approximate surface area is 110 Å². The molecule has 0 spiro atoms. The minimum atomic E-state index is 0.495. The van der Waals surface area contributed by atoms with Crippen LogP contribution in [-0.2, 0) is 25.7 Å². The summed E-state index contributed by atoms with van der Waals surface area (Å²) in [6.07, 6.45) is 1.82. The molecule has 0 aliphatic carbocycles. The molecule has 0 aliphatic rings. The van der Waals surface area contributed by atoms with Crippen molar-refractivity contribution in [2.75, 3.05) is 0 Å². The van der Waals surface area contributed by atoms with Gasteiger partial charge in [0.25, 0.3) is 0 Å². The van der Waals surface area contributed by atoms with Crippen LogP contribution in [0.15, 0.2) is 17.4 Å². The van der Waals surface area contributed by atoms with E-state index < -0.39 is 0 Å². The van der Waals surface area contributed by atoms with Crippen molar-refractivity contribution in [3.63, 3.8) is 0 Å². The maximum atomic E-state index is 5.81. The number of rotatable bonds is 4. The van der Waals surface area contributed by atoms with E-state index in [9.17, 15) is 0 Å². The molecule has 0 atom stereocenters. The maximum absolute atomic E-state index is 5.81. The molecule has 0 N–H and O–H groups in total. The maximum Gasteiger partial charge on any atom is 0.168 e. The summed E-state index contributed by atoms with van der Waals surface area (Å²) in [6.45, 7) is 2.00. The van der Waals surface area contributed by atoms with Gasteiger partial charge in [0.2, 0.25) is 0 Å². The Bertz CT molecular complexity index is 518. The summed E-state index contributed by atoms with van der Waals surface area (Å²) in [5.74, 6) is 1.36. The van der Waals surface area contributed by atoms with E-state index in [0.717, 1.165) is 22.3 Å². The smallest absolute Gasteiger partial charge is 0.168 e. The first-order valence-corrected chi connectivity index (χ1v) is 6.82. The number of nitrogens with zero attached hydrogens (tertiary/aromatic N) is 4. The molecule has 0 fully saturated rings. The second kappa shape index (κ2) is 5.14. The van der Waals surface area contributed by atoms with E-state index >= 15 is 0 Å². The van der Waals surface area contributed by atoms with Gasteiger partial charge in [0.1, 0.15) is 0 Å². The largest absolute Gasteiger partial charge is 0.325 e. The third-order valence-corrected chi connectivity index (χ3v) is 3.98. The first-order chi connectivity index (χ1) is 8.11. The fraction of sp³-hybridized carbons (Fsp3) is 0.455. The van der Waals surface area contributed by atoms with Crippen LogP contribution in [0.25, 0.3) is 0 Å². The lowest BCUT2D eigenvalue weighted by Gasteiger charge is -2.04. The predicted molar refractivity (Wildman–Crippen MR) is 70.3 cm³/mol. The highest BCUT2D eigenvalue weighted by molar-refractivity contribution is 7.98. The minimum Gasteiger partial charge on any atom is -0.325 e. The molecule has 2 aromatic rings. The van der Waals surface area contributed by atoms with Gasteiger partial charge in [-0.25, -0.2) is 4.98 Å². The van der Waals surface area contributed by atoms with E-state index in [4.69, 9.17) is 11.6 Å². The Morgan fingerprint density at radius 1 is 1.35 bits per heavy atom. The molecular weight excluding hydrogens is 256 g/mol. The SMILES string of the molecule is Cc1cc(CSc2ncc(CCl)n2C)n(C)n1. The number of aromatic nitrogens is 4. The van der Waals surface area contributed by atoms with Crippen LogP contribution >= 0.6 is 23.4 Å². The highest BCUT2D eigenvalue weighted by Crippen LogP contribution is 2.22. The predicted octanol–water partition coefficient (Wildman–Crippen LogP) is 2.49. The van der Waals surface area contributed by atoms with E-state index in [1.165, 1.54) is 5.69 Å². The Kier molecular flexibility index (Phi) is 3.79. The normalized spacial score (nSPS) is 11.1. The Morgan fingerprint density at radius 2 is 2.12 bits per heavy atom. The zero-order valence-electron chi connectivity index (χ0n) is 10.1. The fourth-order valence-corrected chi connectivity index (χ4v) is 2.86. The number of imidazole rings is 1. The van der Waals surface area contributed by atoms with Crippen molar-refractivity contribution in [2.45, 2.75) is 23.7 Å². The van der Waals surface area contributed by atoms with Crippen molar-refractivity contribution >= 4 is 23.4 Å². The van der Waals surface area contributed by atoms with E-state index in [1.54, 1.807) is 11.8 Å². The van der Waals surface area contributed by atoms with Gasteiger partial charge in [0.15, 0.2) is 5.16 Å². The summed E-state index contributed by atoms with van der Waals surface area (Å²) >= 11 is 7.50. The summed E-state index contributed by atoms with van der Waals surface area (Å²) < 4.78 is 3.94. The second-order valence-corrected chi connectivity index (χ2v) is 5.12. The molecule has 17 heavy (non-hydrogen) atoms. The van der Waals surface area contributed by atoms with Gasteiger partial charge in [-0.3, -0.25) is 4.68 Å². The Morgan fingerprint density at radius 3 is 2.65 bits per heavy atom. The van der Waals surface area contributed by atoms with Crippen molar-refractivity contribution in [2.24, 2.45) is 14.1 Å². The third-order valence-electron chi connectivity index (χ3n) is 2.63. The van der Waals surface area contributed by atoms with Crippen molar-refractivity contribution < 1.29 is 0 Å². The molecule has 2 rings (SSSR count). The van der Waals surface area contributed by atoms with Crippen molar-refractivity contribution in [1.82, 2.24) is 19.3 Å². The molecular formula is C11H15ClN4S. The highest BCUT2D eigenvalue weighted by Gasteiger charge is 2.08. The molecule has 2 aromatic heterocycles. The lowest BCUT2D eigenvalue weighted by molar-refractivity contribution is 0.725. The Balaban J connectivity index is 2.07. The number of alkyl halides is 1. The summed E-state index contributed by atoms with van der Waals surface area (Å²) in [5.41, 5.74) is 3.28. The lowest BCUT2D eigenvalue weighted by Crippen LogP contribution is -1.99. The molecule has 0 unspecified atom stereocenters. The van der Waals surface area contributed by atoms with E-state index in [2.05, 4.69) is 16.1 Å². The van der Waals surface area contributed by atoms with Crippen molar-refractivity contribution in [1.29, 1.82) is 0 Å². The lowest BCUT2D eigenvalue weighted by atomic mass is 10.4. The molecule has 0 bridgehead atoms. The van der Waals surface area contributed by atoms with Gasteiger partial charge in [-0.2, -0.15) is 5.10 Å². The average molecular weight is 271 g/mol. The molecule has 0 saturated carbocycles. The fourth-order valence-electron chi connectivity index (χ4n) is 1.62. The van der Waals surface area contributed by atoms with Crippen LogP contribution in [0.2, 0.25) is 0 Å². The Hall–Kier alpha value is -0.940. The second-order valence-electron chi connectivity index (χ2n) is 3.91. The molecule has 0 radical (unpaired) electrons. The van der Waals surface area contributed by atoms with Gasteiger partial charge >= 0.3 is 0 Å². The van der Waals surface area contributed by atoms with Gasteiger partial charge in [-0.05, 0) is 13.0 Å². The van der Waals surface area contributed by atoms with E-state index in [-0.39, 0.29) is 0 Å². The van der Waals surface area contributed by atoms with E-state index in [1.807, 2.05) is 36.5 Å². The summed E-state index contributed by atoms with van der Waals surface area (Å²) in [7, 11) is 3.95. The molecule has 0 aromatic carbocycles. The summed E-state index contributed by atoms with van der Waals surface area (Å²) in [6, 6.07) is 2.10. The van der Waals surface area contributed by atoms with Crippen LogP contribution in [0.5, 0.6) is 0 Å². The first kappa shape index (κ1) is 12.5.